The third-order valence-corrected chi connectivity index (χ3v) is 9.98. The molecule has 0 spiro atoms. The maximum Gasteiger partial charge on any atom is 0.505 e. The van der Waals surface area contributed by atoms with Gasteiger partial charge in [-0.1, -0.05) is 58.4 Å². The predicted molar refractivity (Wildman–Crippen MR) is 160 cm³/mol. The van der Waals surface area contributed by atoms with Crippen molar-refractivity contribution in [2.45, 2.75) is 143 Å². The highest BCUT2D eigenvalue weighted by atomic mass is 32.1. The average Bonchev–Trinajstić information content (AvgIpc) is 3.41. The summed E-state index contributed by atoms with van der Waals surface area (Å²) in [6, 6.07) is 2.02. The molecule has 1 aromatic rings. The van der Waals surface area contributed by atoms with Crippen molar-refractivity contribution in [3.05, 3.63) is 10.9 Å². The Hall–Kier alpha value is -0.860. The number of thiophene rings is 1. The van der Waals surface area contributed by atoms with Crippen molar-refractivity contribution in [3.63, 3.8) is 0 Å². The number of amides is 1. The van der Waals surface area contributed by atoms with E-state index >= 15 is 0 Å². The SMILES string of the molecule is CCCCCCN(CCCCCC)C(=O)c1sc(B2OC(C)(C)C(C)(C)O2)cc1B1OC(C)(C)C(C)(C)O1. The normalized spacial score (nSPS) is 21.3. The molecular weight excluding hydrogens is 496 g/mol. The maximum absolute atomic E-state index is 14.2. The number of rotatable bonds is 13. The van der Waals surface area contributed by atoms with E-state index in [1.807, 2.05) is 33.8 Å². The molecule has 214 valence electrons. The third-order valence-electron chi connectivity index (χ3n) is 8.82. The number of hydrogen-bond acceptors (Lipinski definition) is 6. The van der Waals surface area contributed by atoms with Gasteiger partial charge in [-0.15, -0.1) is 11.3 Å². The molecule has 9 heteroatoms. The van der Waals surface area contributed by atoms with Crippen molar-refractivity contribution < 1.29 is 23.4 Å². The first-order valence-corrected chi connectivity index (χ1v) is 15.6. The fourth-order valence-corrected chi connectivity index (χ4v) is 5.83. The van der Waals surface area contributed by atoms with Gasteiger partial charge in [0.05, 0.1) is 27.3 Å². The van der Waals surface area contributed by atoms with Crippen molar-refractivity contribution in [2.75, 3.05) is 13.1 Å². The highest BCUT2D eigenvalue weighted by Gasteiger charge is 2.55. The highest BCUT2D eigenvalue weighted by molar-refractivity contribution is 7.25. The smallest absolute Gasteiger partial charge is 0.399 e. The molecule has 3 heterocycles. The molecule has 2 aliphatic rings. The maximum atomic E-state index is 14.2. The second-order valence-electron chi connectivity index (χ2n) is 13.0. The van der Waals surface area contributed by atoms with Crippen molar-refractivity contribution in [3.8, 4) is 0 Å². The summed E-state index contributed by atoms with van der Waals surface area (Å²) in [6.07, 6.45) is 9.08. The minimum absolute atomic E-state index is 0.0653. The molecule has 0 radical (unpaired) electrons. The number of carbonyl (C=O) groups is 1. The summed E-state index contributed by atoms with van der Waals surface area (Å²) in [5.41, 5.74) is -1.12. The molecule has 2 fully saturated rings. The van der Waals surface area contributed by atoms with E-state index in [9.17, 15) is 4.79 Å². The van der Waals surface area contributed by atoms with Gasteiger partial charge in [0.15, 0.2) is 0 Å². The van der Waals surface area contributed by atoms with Gasteiger partial charge in [-0.2, -0.15) is 0 Å². The van der Waals surface area contributed by atoms with Gasteiger partial charge < -0.3 is 23.5 Å². The number of nitrogens with zero attached hydrogens (tertiary/aromatic N) is 1. The molecule has 0 atom stereocenters. The van der Waals surface area contributed by atoms with Gasteiger partial charge in [0, 0.05) is 23.3 Å². The minimum Gasteiger partial charge on any atom is -0.399 e. The van der Waals surface area contributed by atoms with Crippen LogP contribution in [0.3, 0.4) is 0 Å². The molecule has 0 N–H and O–H groups in total. The van der Waals surface area contributed by atoms with Crippen LogP contribution in [0.25, 0.3) is 0 Å². The van der Waals surface area contributed by atoms with Crippen LogP contribution in [-0.2, 0) is 18.6 Å². The van der Waals surface area contributed by atoms with Gasteiger partial charge >= 0.3 is 14.2 Å². The first kappa shape index (κ1) is 31.7. The molecule has 0 aliphatic carbocycles. The van der Waals surface area contributed by atoms with Crippen LogP contribution in [0.4, 0.5) is 0 Å². The Labute approximate surface area is 236 Å². The van der Waals surface area contributed by atoms with Gasteiger partial charge in [-0.05, 0) is 68.2 Å². The van der Waals surface area contributed by atoms with Crippen LogP contribution in [0.15, 0.2) is 6.07 Å². The molecule has 1 amide bonds. The lowest BCUT2D eigenvalue weighted by Crippen LogP contribution is -2.41. The lowest BCUT2D eigenvalue weighted by molar-refractivity contribution is 0.00578. The summed E-state index contributed by atoms with van der Waals surface area (Å²) in [7, 11) is -1.15. The average molecular weight is 547 g/mol. The largest absolute Gasteiger partial charge is 0.505 e. The van der Waals surface area contributed by atoms with E-state index in [0.717, 1.165) is 49.0 Å². The van der Waals surface area contributed by atoms with Crippen molar-refractivity contribution in [1.82, 2.24) is 4.90 Å². The van der Waals surface area contributed by atoms with E-state index in [4.69, 9.17) is 18.6 Å². The van der Waals surface area contributed by atoms with Gasteiger partial charge in [0.2, 0.25) is 0 Å². The molecule has 2 saturated heterocycles. The van der Waals surface area contributed by atoms with E-state index in [2.05, 4.69) is 46.4 Å². The van der Waals surface area contributed by atoms with E-state index in [1.165, 1.54) is 37.0 Å². The zero-order chi connectivity index (χ0) is 28.4. The van der Waals surface area contributed by atoms with Crippen molar-refractivity contribution in [1.29, 1.82) is 0 Å². The zero-order valence-corrected chi connectivity index (χ0v) is 26.5. The van der Waals surface area contributed by atoms with Gasteiger partial charge in [-0.25, -0.2) is 0 Å². The summed E-state index contributed by atoms with van der Waals surface area (Å²) in [6.45, 7) is 22.4. The fourth-order valence-electron chi connectivity index (χ4n) is 4.73. The molecule has 0 aromatic carbocycles. The third kappa shape index (κ3) is 6.88. The first-order valence-electron chi connectivity index (χ1n) is 14.8. The molecule has 0 unspecified atom stereocenters. The highest BCUT2D eigenvalue weighted by Crippen LogP contribution is 2.39. The van der Waals surface area contributed by atoms with Crippen LogP contribution < -0.4 is 10.2 Å². The Balaban J connectivity index is 1.94. The molecule has 0 saturated carbocycles. The van der Waals surface area contributed by atoms with Crippen LogP contribution in [0.1, 0.15) is 130 Å². The lowest BCUT2D eigenvalue weighted by Gasteiger charge is -2.32. The van der Waals surface area contributed by atoms with E-state index in [1.54, 1.807) is 0 Å². The Morgan fingerprint density at radius 3 is 1.55 bits per heavy atom. The van der Waals surface area contributed by atoms with E-state index < -0.39 is 36.6 Å². The Morgan fingerprint density at radius 2 is 1.13 bits per heavy atom. The summed E-state index contributed by atoms with van der Waals surface area (Å²) >= 11 is 1.47. The second-order valence-corrected chi connectivity index (χ2v) is 14.1. The molecule has 3 rings (SSSR count). The topological polar surface area (TPSA) is 57.2 Å². The predicted octanol–water partition coefficient (Wildman–Crippen LogP) is 5.95. The monoisotopic (exact) mass is 547 g/mol. The minimum atomic E-state index is -0.617. The summed E-state index contributed by atoms with van der Waals surface area (Å²) in [5.74, 6) is 0.0653. The summed E-state index contributed by atoms with van der Waals surface area (Å²) in [4.78, 5) is 16.9. The van der Waals surface area contributed by atoms with E-state index in [0.29, 0.717) is 4.88 Å². The Kier molecular flexibility index (Phi) is 10.3. The molecule has 1 aromatic heterocycles. The number of unbranched alkanes of at least 4 members (excludes halogenated alkanes) is 6. The van der Waals surface area contributed by atoms with Gasteiger partial charge in [0.1, 0.15) is 0 Å². The molecule has 6 nitrogen and oxygen atoms in total. The first-order chi connectivity index (χ1) is 17.7. The molecule has 38 heavy (non-hydrogen) atoms. The standard InChI is InChI=1S/C29H51B2NO5S/c1-11-13-15-17-19-32(20-18-16-14-12-2)25(33)24-22(30-34-26(3,4)27(5,6)35-30)21-23(38-24)31-36-28(7,8)29(9,10)37-31/h21H,11-20H2,1-10H3. The Bertz CT molecular complexity index is 901. The summed E-state index contributed by atoms with van der Waals surface area (Å²) < 4.78 is 26.5. The second kappa shape index (κ2) is 12.3. The fraction of sp³-hybridized carbons (Fsp3) is 0.828. The molecule has 0 bridgehead atoms. The van der Waals surface area contributed by atoms with Crippen molar-refractivity contribution >= 4 is 41.7 Å². The zero-order valence-electron chi connectivity index (χ0n) is 25.7. The van der Waals surface area contributed by atoms with Crippen LogP contribution >= 0.6 is 11.3 Å². The molecular formula is C29H51B2NO5S. The quantitative estimate of drug-likeness (QED) is 0.226. The van der Waals surface area contributed by atoms with Gasteiger partial charge in [-0.3, -0.25) is 4.79 Å². The van der Waals surface area contributed by atoms with E-state index in [-0.39, 0.29) is 5.91 Å². The van der Waals surface area contributed by atoms with Crippen LogP contribution in [0, 0.1) is 0 Å². The van der Waals surface area contributed by atoms with Crippen LogP contribution in [0.2, 0.25) is 0 Å². The number of hydrogen-bond donors (Lipinski definition) is 0. The molecule has 2 aliphatic heterocycles. The lowest BCUT2D eigenvalue weighted by atomic mass is 9.76. The summed E-state index contributed by atoms with van der Waals surface area (Å²) in [5, 5.41) is 0. The number of carbonyl (C=O) groups excluding carboxylic acids is 1. The van der Waals surface area contributed by atoms with Crippen LogP contribution in [-0.4, -0.2) is 60.5 Å². The van der Waals surface area contributed by atoms with Gasteiger partial charge in [0.25, 0.3) is 5.91 Å². The van der Waals surface area contributed by atoms with Crippen molar-refractivity contribution in [2.24, 2.45) is 0 Å². The Morgan fingerprint density at radius 1 is 0.711 bits per heavy atom. The van der Waals surface area contributed by atoms with Crippen LogP contribution in [0.5, 0.6) is 0 Å².